The number of carboxylic acid groups (broad SMARTS) is 1. The van der Waals surface area contributed by atoms with Crippen LogP contribution >= 0.6 is 0 Å². The molecule has 7 nitrogen and oxygen atoms in total. The third kappa shape index (κ3) is 6.26. The van der Waals surface area contributed by atoms with Crippen molar-refractivity contribution in [2.45, 2.75) is 38.9 Å². The van der Waals surface area contributed by atoms with Crippen LogP contribution in [0, 0.1) is 5.41 Å². The van der Waals surface area contributed by atoms with E-state index in [-0.39, 0.29) is 11.3 Å². The number of ether oxygens (including phenoxy) is 1. The number of hydrogen-bond acceptors (Lipinski definition) is 4. The Hall–Kier alpha value is -2.59. The highest BCUT2D eigenvalue weighted by Crippen LogP contribution is 2.34. The van der Waals surface area contributed by atoms with Crippen molar-refractivity contribution in [3.63, 3.8) is 0 Å². The minimum Gasteiger partial charge on any atom is -0.475 e. The maximum atomic E-state index is 13.1. The molecule has 2 N–H and O–H groups in total. The standard InChI is InChI=1S/C21H29N3O2.C2HF3O2/c1-16(2)23-10-11-26-15-21(13-23)8-5-9-24(14-21)20(25)19-12-17-6-3-4-7-18(17)22-19;3-2(4,5)1(6)7/h3-4,6-7,12,16,22H,5,8-11,13-15H2,1-2H3;(H,6,7). The van der Waals surface area contributed by atoms with Crippen molar-refractivity contribution in [2.24, 2.45) is 5.41 Å². The molecule has 1 atom stereocenters. The Kier molecular flexibility index (Phi) is 7.69. The van der Waals surface area contributed by atoms with Crippen molar-refractivity contribution in [3.8, 4) is 0 Å². The van der Waals surface area contributed by atoms with Gasteiger partial charge in [0, 0.05) is 48.5 Å². The molecule has 2 aromatic rings. The molecule has 1 spiro atoms. The number of nitrogens with zero attached hydrogens (tertiary/aromatic N) is 2. The maximum Gasteiger partial charge on any atom is 0.490 e. The lowest BCUT2D eigenvalue weighted by atomic mass is 9.79. The van der Waals surface area contributed by atoms with Gasteiger partial charge in [0.25, 0.3) is 5.91 Å². The summed E-state index contributed by atoms with van der Waals surface area (Å²) in [7, 11) is 0. The third-order valence-corrected chi connectivity index (χ3v) is 6.15. The van der Waals surface area contributed by atoms with Gasteiger partial charge in [-0.05, 0) is 38.8 Å². The summed E-state index contributed by atoms with van der Waals surface area (Å²) in [6.45, 7) is 9.64. The highest BCUT2D eigenvalue weighted by molar-refractivity contribution is 5.98. The second-order valence-electron chi connectivity index (χ2n) is 9.02. The molecular formula is C23H30F3N3O4. The third-order valence-electron chi connectivity index (χ3n) is 6.15. The Labute approximate surface area is 190 Å². The molecule has 1 aromatic carbocycles. The van der Waals surface area contributed by atoms with Crippen LogP contribution in [-0.4, -0.2) is 83.4 Å². The Morgan fingerprint density at radius 3 is 2.52 bits per heavy atom. The molecule has 182 valence electrons. The van der Waals surface area contributed by atoms with E-state index in [1.807, 2.05) is 35.2 Å². The number of carbonyl (C=O) groups excluding carboxylic acids is 1. The van der Waals surface area contributed by atoms with Gasteiger partial charge in [-0.2, -0.15) is 13.2 Å². The Morgan fingerprint density at radius 2 is 1.88 bits per heavy atom. The van der Waals surface area contributed by atoms with E-state index >= 15 is 0 Å². The lowest BCUT2D eigenvalue weighted by molar-refractivity contribution is -0.192. The molecule has 2 aliphatic heterocycles. The van der Waals surface area contributed by atoms with E-state index < -0.39 is 12.1 Å². The van der Waals surface area contributed by atoms with E-state index in [0.29, 0.717) is 11.7 Å². The van der Waals surface area contributed by atoms with Gasteiger partial charge in [-0.25, -0.2) is 4.79 Å². The lowest BCUT2D eigenvalue weighted by Gasteiger charge is -2.44. The highest BCUT2D eigenvalue weighted by atomic mass is 19.4. The van der Waals surface area contributed by atoms with Gasteiger partial charge < -0.3 is 19.7 Å². The summed E-state index contributed by atoms with van der Waals surface area (Å²) in [6.07, 6.45) is -2.91. The van der Waals surface area contributed by atoms with Crippen LogP contribution in [0.3, 0.4) is 0 Å². The fraction of sp³-hybridized carbons (Fsp3) is 0.565. The van der Waals surface area contributed by atoms with Crippen LogP contribution in [0.15, 0.2) is 30.3 Å². The van der Waals surface area contributed by atoms with Crippen molar-refractivity contribution in [2.75, 3.05) is 39.4 Å². The molecule has 33 heavy (non-hydrogen) atoms. The summed E-state index contributed by atoms with van der Waals surface area (Å²) in [5.74, 6) is -2.65. The lowest BCUT2D eigenvalue weighted by Crippen LogP contribution is -2.53. The number of para-hydroxylation sites is 1. The van der Waals surface area contributed by atoms with Gasteiger partial charge in [0.05, 0.1) is 13.2 Å². The average molecular weight is 470 g/mol. The number of carbonyl (C=O) groups is 2. The molecule has 0 bridgehead atoms. The van der Waals surface area contributed by atoms with Gasteiger partial charge in [0.15, 0.2) is 0 Å². The number of H-pyrrole nitrogens is 1. The molecule has 10 heteroatoms. The van der Waals surface area contributed by atoms with Gasteiger partial charge >= 0.3 is 12.1 Å². The molecule has 2 saturated heterocycles. The summed E-state index contributed by atoms with van der Waals surface area (Å²) < 4.78 is 37.7. The number of likely N-dealkylation sites (tertiary alicyclic amines) is 1. The Balaban J connectivity index is 0.000000383. The molecule has 1 unspecified atom stereocenters. The minimum atomic E-state index is -5.08. The number of aromatic amines is 1. The van der Waals surface area contributed by atoms with Crippen molar-refractivity contribution in [3.05, 3.63) is 36.0 Å². The Morgan fingerprint density at radius 1 is 1.18 bits per heavy atom. The van der Waals surface area contributed by atoms with Crippen LogP contribution in [0.2, 0.25) is 0 Å². The molecule has 0 aliphatic carbocycles. The number of amides is 1. The zero-order valence-corrected chi connectivity index (χ0v) is 18.8. The van der Waals surface area contributed by atoms with E-state index in [4.69, 9.17) is 14.6 Å². The summed E-state index contributed by atoms with van der Waals surface area (Å²) in [6, 6.07) is 10.5. The molecular weight excluding hydrogens is 439 g/mol. The topological polar surface area (TPSA) is 85.9 Å². The number of benzene rings is 1. The monoisotopic (exact) mass is 469 g/mol. The summed E-state index contributed by atoms with van der Waals surface area (Å²) >= 11 is 0. The predicted molar refractivity (Wildman–Crippen MR) is 117 cm³/mol. The second-order valence-corrected chi connectivity index (χ2v) is 9.02. The normalized spacial score (nSPS) is 22.2. The van der Waals surface area contributed by atoms with Crippen LogP contribution in [0.5, 0.6) is 0 Å². The first-order chi connectivity index (χ1) is 15.5. The average Bonchev–Trinajstić information content (AvgIpc) is 3.09. The van der Waals surface area contributed by atoms with Gasteiger partial charge in [0.2, 0.25) is 0 Å². The van der Waals surface area contributed by atoms with Crippen LogP contribution < -0.4 is 0 Å². The van der Waals surface area contributed by atoms with Crippen molar-refractivity contribution >= 4 is 22.8 Å². The summed E-state index contributed by atoms with van der Waals surface area (Å²) in [5, 5.41) is 8.21. The first-order valence-electron chi connectivity index (χ1n) is 11.0. The van der Waals surface area contributed by atoms with Crippen LogP contribution in [-0.2, 0) is 9.53 Å². The smallest absolute Gasteiger partial charge is 0.475 e. The van der Waals surface area contributed by atoms with Gasteiger partial charge in [-0.3, -0.25) is 9.69 Å². The zero-order valence-electron chi connectivity index (χ0n) is 18.8. The number of fused-ring (bicyclic) bond motifs is 1. The molecule has 1 aromatic heterocycles. The molecule has 3 heterocycles. The molecule has 4 rings (SSSR count). The molecule has 0 radical (unpaired) electrons. The molecule has 2 fully saturated rings. The SMILES string of the molecule is CC(C)N1CCOCC2(CCCN(C(=O)c3cc4ccccc4[nH]3)C2)C1.O=C(O)C(F)(F)F. The zero-order chi connectivity index (χ0) is 24.2. The van der Waals surface area contributed by atoms with E-state index in [2.05, 4.69) is 23.7 Å². The van der Waals surface area contributed by atoms with E-state index in [9.17, 15) is 18.0 Å². The molecule has 2 aliphatic rings. The number of hydrogen-bond donors (Lipinski definition) is 2. The maximum absolute atomic E-state index is 13.1. The number of rotatable bonds is 2. The van der Waals surface area contributed by atoms with Crippen LogP contribution in [0.25, 0.3) is 10.9 Å². The highest BCUT2D eigenvalue weighted by Gasteiger charge is 2.41. The fourth-order valence-electron chi connectivity index (χ4n) is 4.45. The van der Waals surface area contributed by atoms with Crippen molar-refractivity contribution in [1.29, 1.82) is 0 Å². The second kappa shape index (κ2) is 10.1. The Bertz CT molecular complexity index is 942. The molecule has 0 saturated carbocycles. The number of halogens is 3. The van der Waals surface area contributed by atoms with Gasteiger partial charge in [0.1, 0.15) is 5.69 Å². The van der Waals surface area contributed by atoms with E-state index in [0.717, 1.165) is 63.1 Å². The first-order valence-corrected chi connectivity index (χ1v) is 11.0. The van der Waals surface area contributed by atoms with E-state index in [1.165, 1.54) is 0 Å². The number of carboxylic acids is 1. The summed E-state index contributed by atoms with van der Waals surface area (Å²) in [4.78, 5) is 29.9. The number of aromatic nitrogens is 1. The van der Waals surface area contributed by atoms with Crippen molar-refractivity contribution in [1.82, 2.24) is 14.8 Å². The van der Waals surface area contributed by atoms with Gasteiger partial charge in [-0.15, -0.1) is 0 Å². The minimum absolute atomic E-state index is 0.0562. The quantitative estimate of drug-likeness (QED) is 0.700. The first kappa shape index (κ1) is 25.0. The number of nitrogens with one attached hydrogen (secondary N) is 1. The predicted octanol–water partition coefficient (Wildman–Crippen LogP) is 3.76. The van der Waals surface area contributed by atoms with Gasteiger partial charge in [-0.1, -0.05) is 18.2 Å². The number of piperidine rings is 1. The molecule has 1 amide bonds. The largest absolute Gasteiger partial charge is 0.490 e. The number of alkyl halides is 3. The van der Waals surface area contributed by atoms with Crippen LogP contribution in [0.1, 0.15) is 37.2 Å². The number of aliphatic carboxylic acids is 1. The summed E-state index contributed by atoms with van der Waals surface area (Å²) in [5.41, 5.74) is 1.77. The van der Waals surface area contributed by atoms with Crippen molar-refractivity contribution < 1.29 is 32.6 Å². The van der Waals surface area contributed by atoms with E-state index in [1.54, 1.807) is 0 Å². The fourth-order valence-corrected chi connectivity index (χ4v) is 4.45. The van der Waals surface area contributed by atoms with Crippen LogP contribution in [0.4, 0.5) is 13.2 Å².